The summed E-state index contributed by atoms with van der Waals surface area (Å²) < 4.78 is 22.3. The molecule has 0 aliphatic heterocycles. The number of benzene rings is 2. The van der Waals surface area contributed by atoms with Crippen LogP contribution in [0.2, 0.25) is 0 Å². The molecule has 146 valence electrons. The van der Waals surface area contributed by atoms with Gasteiger partial charge in [-0.25, -0.2) is 4.98 Å². The minimum Gasteiger partial charge on any atom is -0.493 e. The minimum atomic E-state index is -0.305. The van der Waals surface area contributed by atoms with E-state index in [9.17, 15) is 4.79 Å². The van der Waals surface area contributed by atoms with E-state index in [1.807, 2.05) is 6.07 Å². The maximum Gasteiger partial charge on any atom is 0.282 e. The molecule has 0 bridgehead atoms. The van der Waals surface area contributed by atoms with Gasteiger partial charge in [-0.05, 0) is 36.8 Å². The maximum atomic E-state index is 12.9. The summed E-state index contributed by atoms with van der Waals surface area (Å²) in [6.07, 6.45) is 1.56. The van der Waals surface area contributed by atoms with Gasteiger partial charge in [0.1, 0.15) is 5.82 Å². The van der Waals surface area contributed by atoms with Crippen LogP contribution in [0.5, 0.6) is 23.0 Å². The molecule has 0 N–H and O–H groups in total. The molecule has 0 atom stereocenters. The highest BCUT2D eigenvalue weighted by Crippen LogP contribution is 2.30. The molecule has 0 saturated heterocycles. The first-order chi connectivity index (χ1) is 13.5. The van der Waals surface area contributed by atoms with Gasteiger partial charge in [0.2, 0.25) is 0 Å². The van der Waals surface area contributed by atoms with Crippen molar-refractivity contribution in [3.8, 4) is 23.0 Å². The molecule has 1 heterocycles. The summed E-state index contributed by atoms with van der Waals surface area (Å²) >= 11 is 0. The number of hydrogen-bond donors (Lipinski definition) is 0. The normalized spacial score (nSPS) is 11.0. The summed E-state index contributed by atoms with van der Waals surface area (Å²) in [4.78, 5) is 17.4. The number of methoxy groups -OCH3 is 4. The van der Waals surface area contributed by atoms with E-state index in [0.717, 1.165) is 5.56 Å². The van der Waals surface area contributed by atoms with Crippen molar-refractivity contribution in [2.75, 3.05) is 28.4 Å². The smallest absolute Gasteiger partial charge is 0.282 e. The van der Waals surface area contributed by atoms with Crippen molar-refractivity contribution in [3.63, 3.8) is 0 Å². The Kier molecular flexibility index (Phi) is 5.49. The molecule has 2 aromatic carbocycles. The molecule has 8 nitrogen and oxygen atoms in total. The lowest BCUT2D eigenvalue weighted by Gasteiger charge is -2.10. The Morgan fingerprint density at radius 1 is 0.893 bits per heavy atom. The first kappa shape index (κ1) is 19.2. The van der Waals surface area contributed by atoms with Gasteiger partial charge < -0.3 is 18.9 Å². The lowest BCUT2D eigenvalue weighted by Crippen LogP contribution is -2.20. The molecule has 1 aromatic heterocycles. The predicted octanol–water partition coefficient (Wildman–Crippen LogP) is 2.62. The second kappa shape index (κ2) is 7.99. The highest BCUT2D eigenvalue weighted by atomic mass is 16.5. The summed E-state index contributed by atoms with van der Waals surface area (Å²) in [6, 6.07) is 8.63. The third-order valence-corrected chi connectivity index (χ3v) is 4.24. The molecule has 0 saturated carbocycles. The van der Waals surface area contributed by atoms with E-state index < -0.39 is 0 Å². The topological polar surface area (TPSA) is 84.2 Å². The Labute approximate surface area is 161 Å². The summed E-state index contributed by atoms with van der Waals surface area (Å²) in [6.45, 7) is 1.71. The molecule has 0 spiro atoms. The molecule has 3 aromatic rings. The van der Waals surface area contributed by atoms with Crippen LogP contribution in [-0.2, 0) is 0 Å². The number of fused-ring (bicyclic) bond motifs is 1. The molecule has 0 fully saturated rings. The molecule has 0 aliphatic rings. The van der Waals surface area contributed by atoms with Crippen molar-refractivity contribution in [2.45, 2.75) is 6.92 Å². The zero-order chi connectivity index (χ0) is 20.3. The van der Waals surface area contributed by atoms with Crippen LogP contribution in [0.3, 0.4) is 0 Å². The summed E-state index contributed by atoms with van der Waals surface area (Å²) in [7, 11) is 6.17. The quantitative estimate of drug-likeness (QED) is 0.609. The van der Waals surface area contributed by atoms with Crippen LogP contribution < -0.4 is 24.5 Å². The fraction of sp³-hybridized carbons (Fsp3) is 0.250. The average Bonchev–Trinajstić information content (AvgIpc) is 2.72. The zero-order valence-electron chi connectivity index (χ0n) is 16.3. The van der Waals surface area contributed by atoms with Crippen LogP contribution in [-0.4, -0.2) is 44.3 Å². The Hall–Kier alpha value is -3.55. The molecule has 8 heteroatoms. The van der Waals surface area contributed by atoms with Gasteiger partial charge in [0.15, 0.2) is 23.0 Å². The third kappa shape index (κ3) is 3.48. The number of aromatic nitrogens is 2. The number of nitrogens with zero attached hydrogens (tertiary/aromatic N) is 3. The SMILES string of the molecule is COc1ccc(/C=N\n2c(C)nc3cc(OC)c(OC)cc3c2=O)cc1OC. The first-order valence-corrected chi connectivity index (χ1v) is 8.44. The Bertz CT molecular complexity index is 1110. The van der Waals surface area contributed by atoms with Gasteiger partial charge in [-0.1, -0.05) is 0 Å². The van der Waals surface area contributed by atoms with Crippen LogP contribution in [0.25, 0.3) is 10.9 Å². The van der Waals surface area contributed by atoms with E-state index in [1.165, 1.54) is 18.9 Å². The molecule has 28 heavy (non-hydrogen) atoms. The van der Waals surface area contributed by atoms with E-state index in [0.29, 0.717) is 39.7 Å². The highest BCUT2D eigenvalue weighted by Gasteiger charge is 2.13. The molecule has 0 amide bonds. The van der Waals surface area contributed by atoms with Crippen molar-refractivity contribution < 1.29 is 18.9 Å². The fourth-order valence-corrected chi connectivity index (χ4v) is 2.81. The number of hydrogen-bond acceptors (Lipinski definition) is 7. The van der Waals surface area contributed by atoms with Gasteiger partial charge >= 0.3 is 0 Å². The highest BCUT2D eigenvalue weighted by molar-refractivity contribution is 5.83. The van der Waals surface area contributed by atoms with Gasteiger partial charge in [-0.15, -0.1) is 0 Å². The van der Waals surface area contributed by atoms with Crippen LogP contribution in [0, 0.1) is 6.92 Å². The van der Waals surface area contributed by atoms with Gasteiger partial charge in [-0.2, -0.15) is 9.78 Å². The van der Waals surface area contributed by atoms with Gasteiger partial charge in [0.05, 0.1) is 45.6 Å². The molecule has 0 aliphatic carbocycles. The van der Waals surface area contributed by atoms with Gasteiger partial charge in [0.25, 0.3) is 5.56 Å². The Balaban J connectivity index is 2.08. The van der Waals surface area contributed by atoms with Gasteiger partial charge in [-0.3, -0.25) is 4.79 Å². The molecule has 0 unspecified atom stereocenters. The predicted molar refractivity (Wildman–Crippen MR) is 106 cm³/mol. The Morgan fingerprint density at radius 3 is 2.14 bits per heavy atom. The van der Waals surface area contributed by atoms with Crippen LogP contribution in [0.1, 0.15) is 11.4 Å². The standard InChI is InChI=1S/C20H21N3O5/c1-12-22-15-10-19(28-5)18(27-4)9-14(15)20(24)23(12)21-11-13-6-7-16(25-2)17(8-13)26-3/h6-11H,1-5H3/b21-11-. The lowest BCUT2D eigenvalue weighted by molar-refractivity contribution is 0.355. The van der Waals surface area contributed by atoms with E-state index in [-0.39, 0.29) is 5.56 Å². The van der Waals surface area contributed by atoms with E-state index in [4.69, 9.17) is 18.9 Å². The number of ether oxygens (including phenoxy) is 4. The monoisotopic (exact) mass is 383 g/mol. The van der Waals surface area contributed by atoms with E-state index >= 15 is 0 Å². The maximum absolute atomic E-state index is 12.9. The summed E-state index contributed by atoms with van der Waals surface area (Å²) in [5, 5.41) is 4.69. The molecular formula is C20H21N3O5. The molecular weight excluding hydrogens is 362 g/mol. The first-order valence-electron chi connectivity index (χ1n) is 8.44. The van der Waals surface area contributed by atoms with Gasteiger partial charge in [0, 0.05) is 6.07 Å². The van der Waals surface area contributed by atoms with Crippen LogP contribution >= 0.6 is 0 Å². The average molecular weight is 383 g/mol. The zero-order valence-corrected chi connectivity index (χ0v) is 16.3. The van der Waals surface area contributed by atoms with Crippen molar-refractivity contribution in [1.29, 1.82) is 0 Å². The number of aryl methyl sites for hydroxylation is 1. The fourth-order valence-electron chi connectivity index (χ4n) is 2.81. The molecule has 3 rings (SSSR count). The van der Waals surface area contributed by atoms with Crippen LogP contribution in [0.15, 0.2) is 40.2 Å². The second-order valence-corrected chi connectivity index (χ2v) is 5.86. The second-order valence-electron chi connectivity index (χ2n) is 5.86. The van der Waals surface area contributed by atoms with Crippen molar-refractivity contribution in [3.05, 3.63) is 52.1 Å². The summed E-state index contributed by atoms with van der Waals surface area (Å²) in [5.74, 6) is 2.59. The van der Waals surface area contributed by atoms with Crippen molar-refractivity contribution in [1.82, 2.24) is 9.66 Å². The van der Waals surface area contributed by atoms with Crippen molar-refractivity contribution in [2.24, 2.45) is 5.10 Å². The minimum absolute atomic E-state index is 0.305. The number of rotatable bonds is 6. The third-order valence-electron chi connectivity index (χ3n) is 4.24. The molecule has 0 radical (unpaired) electrons. The Morgan fingerprint density at radius 2 is 1.50 bits per heavy atom. The lowest BCUT2D eigenvalue weighted by atomic mass is 10.2. The summed E-state index contributed by atoms with van der Waals surface area (Å²) in [5.41, 5.74) is 0.953. The van der Waals surface area contributed by atoms with Crippen LogP contribution in [0.4, 0.5) is 0 Å². The van der Waals surface area contributed by atoms with E-state index in [1.54, 1.807) is 51.6 Å². The largest absolute Gasteiger partial charge is 0.493 e. The van der Waals surface area contributed by atoms with E-state index in [2.05, 4.69) is 10.1 Å². The van der Waals surface area contributed by atoms with Crippen molar-refractivity contribution >= 4 is 17.1 Å².